The fourth-order valence-corrected chi connectivity index (χ4v) is 14.5. The Morgan fingerprint density at radius 3 is 1.26 bits per heavy atom. The number of hydrogen-bond donors (Lipinski definition) is 25. The average Bonchev–Trinajstić information content (AvgIpc) is 1.23. The highest BCUT2D eigenvalue weighted by Gasteiger charge is 2.40. The number of aromatic hydroxyl groups is 3. The maximum absolute atomic E-state index is 15.3. The van der Waals surface area contributed by atoms with Gasteiger partial charge in [-0.25, -0.2) is 0 Å². The number of para-hydroxylation sites is 1. The van der Waals surface area contributed by atoms with Gasteiger partial charge < -0.3 is 127 Å². The van der Waals surface area contributed by atoms with Crippen LogP contribution in [0.4, 0.5) is 0 Å². The molecule has 0 saturated carbocycles. The number of nitrogens with one attached hydrogen (secondary N) is 17. The number of carboxylic acid groups (broad SMARTS) is 1. The van der Waals surface area contributed by atoms with Crippen molar-refractivity contribution < 1.29 is 107 Å². The number of H-pyrrole nitrogens is 1. The quantitative estimate of drug-likeness (QED) is 0.0140. The Hall–Kier alpha value is -14.4. The van der Waals surface area contributed by atoms with Crippen LogP contribution in [0.3, 0.4) is 0 Å². The summed E-state index contributed by atoms with van der Waals surface area (Å²) in [6, 6.07) is 7.96. The van der Waals surface area contributed by atoms with E-state index in [0.29, 0.717) is 39.4 Å². The highest BCUT2D eigenvalue weighted by molar-refractivity contribution is 8.00. The number of phenolic OH excluding ortho intramolecular Hbond substituents is 3. The molecule has 28 N–H and O–H groups in total. The van der Waals surface area contributed by atoms with Gasteiger partial charge in [-0.05, 0) is 115 Å². The van der Waals surface area contributed by atoms with Crippen molar-refractivity contribution in [1.29, 1.82) is 5.41 Å². The van der Waals surface area contributed by atoms with Crippen LogP contribution in [0.2, 0.25) is 0 Å². The number of carboxylic acids is 1. The molecule has 13 atom stereocenters. The van der Waals surface area contributed by atoms with E-state index in [2.05, 4.69) is 84.7 Å². The number of nitrogens with two attached hydrogens (primary N) is 3. The molecule has 1 aliphatic heterocycles. The number of fused-ring (bicyclic) bond motifs is 1. The standard InChI is InChI=1S/C86H112N20O22S/c1-44(2)30-58-76(119)94-46(5)73(116)106-68(74(117)93-40-70(88)112)42-129-43-71(113)95-60(33-48-17-23-52(108)24-18-48)78(121)104-66(38-72(114)115)84(127)98-59(31-45(3)4)77(120)96-57(16-11-29-91-86(89)90)75(118)99-63(35-50-21-27-54(110)28-22-50)81(124)105-67(41-107)85(128)101-62(34-49-19-25-53(109)26-20-49)80(123)103-65(37-69(87)111)83(126)100-61(32-47-12-7-6-8-13-47)79(122)102-64(82(125)97-58)36-51-39-92-56-15-10-9-14-55(51)56/h6-10,12-15,17-28,39,44-46,57-68,92,107-110H,11,16,29-38,40-43H2,1-5H3,(H2,87,111)(H2,88,112)(H,93,117)(H,94,119)(H,95,113)(H,96,120)(H,97,125)(H,98,127)(H,99,118)(H,100,126)(H,101,128)(H,102,122)(H,103,123)(H,104,121)(H,105,124)(H,106,116)(H,114,115)(H4,89,90,91)/t46-,57-,58-,59-,60-,61-,62-,63-,64-,65-,66-,67-,68-/m0/s1. The van der Waals surface area contributed by atoms with E-state index in [1.807, 2.05) is 0 Å². The molecule has 6 aromatic rings. The number of aliphatic hydroxyl groups excluding tert-OH is 1. The van der Waals surface area contributed by atoms with Crippen molar-refractivity contribution in [2.45, 2.75) is 184 Å². The molecule has 5 aromatic carbocycles. The molecule has 0 unspecified atom stereocenters. The van der Waals surface area contributed by atoms with Gasteiger partial charge in [-0.1, -0.05) is 113 Å². The maximum Gasteiger partial charge on any atom is 0.305 e. The molecule has 0 spiro atoms. The van der Waals surface area contributed by atoms with Gasteiger partial charge in [-0.2, -0.15) is 0 Å². The molecule has 0 bridgehead atoms. The monoisotopic (exact) mass is 1810 g/mol. The van der Waals surface area contributed by atoms with Crippen molar-refractivity contribution in [2.75, 3.05) is 31.2 Å². The van der Waals surface area contributed by atoms with Crippen molar-refractivity contribution in [3.05, 3.63) is 161 Å². The second-order valence-electron chi connectivity index (χ2n) is 31.8. The number of phenols is 3. The molecule has 0 aliphatic carbocycles. The van der Waals surface area contributed by atoms with E-state index in [-0.39, 0.29) is 79.4 Å². The third-order valence-corrected chi connectivity index (χ3v) is 21.2. The molecule has 42 nitrogen and oxygen atoms in total. The number of rotatable bonds is 26. The SMILES string of the molecule is CC(C)C[C@@H]1NC(=O)[C@H](Cc2c[nH]c3ccccc23)NC(=O)[C@H](Cc2ccccc2)NC(=O)[C@H](CC(N)=O)NC(=O)[C@H](Cc2ccc(O)cc2)NC(=O)[C@H](CO)NC(=O)[C@H](Cc2ccc(O)cc2)NC(=O)[C@H](CCCNC(=N)N)NC(=O)[C@H](CC(C)C)NC(=O)[C@H](CC(=O)O)NC(=O)[C@H](Cc2ccc(O)cc2)NC(=O)CSC[C@@H](C(=O)NCC(N)=O)NC(=O)[C@H](C)NC1=O. The fourth-order valence-electron chi connectivity index (χ4n) is 13.6. The van der Waals surface area contributed by atoms with Crippen LogP contribution in [0, 0.1) is 17.2 Å². The second kappa shape index (κ2) is 50.1. The molecule has 16 amide bonds. The minimum absolute atomic E-state index is 0.0587. The van der Waals surface area contributed by atoms with Crippen molar-refractivity contribution in [1.82, 2.24) is 84.7 Å². The van der Waals surface area contributed by atoms with Crippen LogP contribution < -0.4 is 97.0 Å². The normalized spacial score (nSPS) is 22.6. The summed E-state index contributed by atoms with van der Waals surface area (Å²) in [6.45, 7) is 5.86. The van der Waals surface area contributed by atoms with Gasteiger partial charge in [-0.3, -0.25) is 86.9 Å². The molecular weight excluding hydrogens is 1700 g/mol. The first-order valence-electron chi connectivity index (χ1n) is 41.4. The molecular formula is C86H112N20O22S. The summed E-state index contributed by atoms with van der Waals surface area (Å²) < 4.78 is 0. The van der Waals surface area contributed by atoms with E-state index in [0.717, 1.165) is 0 Å². The second-order valence-corrected chi connectivity index (χ2v) is 32.8. The number of hydrogen-bond acceptors (Lipinski definition) is 23. The number of aromatic amines is 1. The maximum atomic E-state index is 15.3. The van der Waals surface area contributed by atoms with E-state index >= 15 is 19.2 Å². The lowest BCUT2D eigenvalue weighted by Gasteiger charge is -2.29. The van der Waals surface area contributed by atoms with E-state index in [1.165, 1.54) is 79.7 Å². The first-order chi connectivity index (χ1) is 61.2. The topological polar surface area (TPSA) is 689 Å². The Kier molecular flexibility index (Phi) is 39.5. The van der Waals surface area contributed by atoms with Gasteiger partial charge in [0.05, 0.1) is 31.7 Å². The largest absolute Gasteiger partial charge is 0.508 e. The molecule has 694 valence electrons. The summed E-state index contributed by atoms with van der Waals surface area (Å²) in [5, 5.41) is 97.8. The van der Waals surface area contributed by atoms with Crippen LogP contribution in [-0.4, -0.2) is 247 Å². The summed E-state index contributed by atoms with van der Waals surface area (Å²) in [4.78, 5) is 247. The predicted octanol–water partition coefficient (Wildman–Crippen LogP) is -3.83. The van der Waals surface area contributed by atoms with Gasteiger partial charge in [0.25, 0.3) is 0 Å². The number of amides is 16. The molecule has 0 radical (unpaired) electrons. The molecule has 1 fully saturated rings. The third kappa shape index (κ3) is 34.1. The zero-order valence-electron chi connectivity index (χ0n) is 71.5. The summed E-state index contributed by atoms with van der Waals surface area (Å²) in [7, 11) is 0. The van der Waals surface area contributed by atoms with Gasteiger partial charge in [0.1, 0.15) is 95.8 Å². The number of aliphatic carboxylic acids is 1. The van der Waals surface area contributed by atoms with Crippen LogP contribution in [0.5, 0.6) is 17.2 Å². The number of carbonyl (C=O) groups excluding carboxylic acids is 16. The van der Waals surface area contributed by atoms with E-state index in [1.54, 1.807) is 88.5 Å². The highest BCUT2D eigenvalue weighted by Crippen LogP contribution is 2.22. The molecule has 1 saturated heterocycles. The summed E-state index contributed by atoms with van der Waals surface area (Å²) in [6.07, 6.45) is -3.29. The lowest BCUT2D eigenvalue weighted by Crippen LogP contribution is -2.62. The van der Waals surface area contributed by atoms with Crippen LogP contribution in [0.15, 0.2) is 134 Å². The smallest absolute Gasteiger partial charge is 0.305 e. The fraction of sp³-hybridized carbons (Fsp3) is 0.419. The van der Waals surface area contributed by atoms with Crippen LogP contribution in [0.1, 0.15) is 101 Å². The minimum Gasteiger partial charge on any atom is -0.508 e. The summed E-state index contributed by atoms with van der Waals surface area (Å²) in [5.41, 5.74) is 19.0. The average molecular weight is 1810 g/mol. The van der Waals surface area contributed by atoms with Crippen molar-refractivity contribution in [3.63, 3.8) is 0 Å². The van der Waals surface area contributed by atoms with Gasteiger partial charge >= 0.3 is 5.97 Å². The predicted molar refractivity (Wildman–Crippen MR) is 469 cm³/mol. The number of carbonyl (C=O) groups is 17. The van der Waals surface area contributed by atoms with E-state index < -0.39 is 248 Å². The molecule has 7 rings (SSSR count). The number of thioether (sulfide) groups is 1. The van der Waals surface area contributed by atoms with Crippen LogP contribution in [-0.2, 0) is 114 Å². The number of benzene rings is 5. The van der Waals surface area contributed by atoms with E-state index in [9.17, 15) is 87.9 Å². The minimum atomic E-state index is -2.04. The molecule has 2 heterocycles. The Labute approximate surface area is 745 Å². The van der Waals surface area contributed by atoms with Gasteiger partial charge in [0.2, 0.25) is 94.5 Å². The number of aliphatic hydroxyl groups is 1. The zero-order valence-corrected chi connectivity index (χ0v) is 72.3. The Morgan fingerprint density at radius 2 is 0.814 bits per heavy atom. The zero-order chi connectivity index (χ0) is 94.7. The Morgan fingerprint density at radius 1 is 0.434 bits per heavy atom. The Balaban J connectivity index is 1.33. The third-order valence-electron chi connectivity index (χ3n) is 20.2. The molecule has 129 heavy (non-hydrogen) atoms. The number of primary amides is 2. The summed E-state index contributed by atoms with van der Waals surface area (Å²) >= 11 is 0.701. The number of aromatic nitrogens is 1. The Bertz CT molecular complexity index is 4970. The lowest BCUT2D eigenvalue weighted by molar-refractivity contribution is -0.141. The first-order valence-corrected chi connectivity index (χ1v) is 42.6. The van der Waals surface area contributed by atoms with Gasteiger partial charge in [-0.15, -0.1) is 11.8 Å². The van der Waals surface area contributed by atoms with Crippen LogP contribution in [0.25, 0.3) is 10.9 Å². The van der Waals surface area contributed by atoms with Crippen molar-refractivity contribution in [2.24, 2.45) is 29.0 Å². The van der Waals surface area contributed by atoms with Gasteiger partial charge in [0.15, 0.2) is 5.96 Å². The molecule has 43 heteroatoms. The molecule has 1 aromatic heterocycles. The van der Waals surface area contributed by atoms with Crippen molar-refractivity contribution in [3.8, 4) is 17.2 Å². The highest BCUT2D eigenvalue weighted by atomic mass is 32.2. The van der Waals surface area contributed by atoms with Gasteiger partial charge in [0, 0.05) is 61.5 Å². The number of guanidine groups is 1. The first kappa shape index (κ1) is 102. The van der Waals surface area contributed by atoms with Crippen LogP contribution >= 0.6 is 11.8 Å². The summed E-state index contributed by atoms with van der Waals surface area (Å²) in [5.74, 6) is -22.5. The molecule has 1 aliphatic rings. The lowest BCUT2D eigenvalue weighted by atomic mass is 9.99. The van der Waals surface area contributed by atoms with Crippen molar-refractivity contribution >= 4 is 129 Å². The van der Waals surface area contributed by atoms with E-state index in [4.69, 9.17) is 22.6 Å².